The van der Waals surface area contributed by atoms with Gasteiger partial charge >= 0.3 is 0 Å². The topological polar surface area (TPSA) is 24.5 Å². The molecule has 0 aliphatic heterocycles. The van der Waals surface area contributed by atoms with Crippen molar-refractivity contribution in [3.8, 4) is 5.75 Å². The number of nitrogens with zero attached hydrogens (tertiary/aromatic N) is 1. The van der Waals surface area contributed by atoms with E-state index in [-0.39, 0.29) is 0 Å². The van der Waals surface area contributed by atoms with Crippen LogP contribution in [0.1, 0.15) is 45.2 Å². The van der Waals surface area contributed by atoms with Gasteiger partial charge in [-0.3, -0.25) is 0 Å². The molecular formula is C17H30N2O. The Morgan fingerprint density at radius 2 is 1.75 bits per heavy atom. The van der Waals surface area contributed by atoms with E-state index in [0.29, 0.717) is 12.6 Å². The Morgan fingerprint density at radius 1 is 1.10 bits per heavy atom. The minimum atomic E-state index is 0.316. The van der Waals surface area contributed by atoms with Crippen LogP contribution in [0.2, 0.25) is 0 Å². The molecule has 114 valence electrons. The zero-order chi connectivity index (χ0) is 14.8. The van der Waals surface area contributed by atoms with Crippen LogP contribution in [-0.4, -0.2) is 38.2 Å². The molecule has 1 rings (SSSR count). The minimum absolute atomic E-state index is 0.316. The van der Waals surface area contributed by atoms with Crippen LogP contribution in [0.3, 0.4) is 0 Å². The summed E-state index contributed by atoms with van der Waals surface area (Å²) < 4.78 is 5.76. The lowest BCUT2D eigenvalue weighted by atomic mass is 10.0. The average molecular weight is 278 g/mol. The van der Waals surface area contributed by atoms with E-state index in [1.54, 1.807) is 0 Å². The van der Waals surface area contributed by atoms with Gasteiger partial charge in [-0.2, -0.15) is 0 Å². The lowest BCUT2D eigenvalue weighted by Crippen LogP contribution is -2.35. The van der Waals surface area contributed by atoms with Gasteiger partial charge in [0.1, 0.15) is 5.75 Å². The van der Waals surface area contributed by atoms with Crippen LogP contribution in [0.4, 0.5) is 0 Å². The summed E-state index contributed by atoms with van der Waals surface area (Å²) >= 11 is 0. The van der Waals surface area contributed by atoms with Crippen molar-refractivity contribution in [2.75, 3.05) is 33.3 Å². The molecule has 20 heavy (non-hydrogen) atoms. The summed E-state index contributed by atoms with van der Waals surface area (Å²) in [5, 5.41) is 3.44. The maximum Gasteiger partial charge on any atom is 0.124 e. The molecule has 1 unspecified atom stereocenters. The molecule has 0 aliphatic rings. The van der Waals surface area contributed by atoms with Crippen molar-refractivity contribution in [1.29, 1.82) is 0 Å². The second kappa shape index (κ2) is 9.78. The van der Waals surface area contributed by atoms with Gasteiger partial charge in [0.05, 0.1) is 6.61 Å². The predicted molar refractivity (Wildman–Crippen MR) is 86.4 cm³/mol. The molecule has 1 aromatic rings. The van der Waals surface area contributed by atoms with E-state index in [2.05, 4.69) is 42.3 Å². The van der Waals surface area contributed by atoms with E-state index in [4.69, 9.17) is 4.74 Å². The number of benzene rings is 1. The van der Waals surface area contributed by atoms with Crippen LogP contribution in [-0.2, 0) is 0 Å². The SMILES string of the molecule is CCCN(CCC)CC(NC)c1ccccc1OCC. The summed E-state index contributed by atoms with van der Waals surface area (Å²) in [7, 11) is 2.03. The standard InChI is InChI=1S/C17H30N2O/c1-5-12-19(13-6-2)14-16(18-4)15-10-8-9-11-17(15)20-7-3/h8-11,16,18H,5-7,12-14H2,1-4H3. The van der Waals surface area contributed by atoms with Crippen molar-refractivity contribution in [2.24, 2.45) is 0 Å². The molecule has 3 nitrogen and oxygen atoms in total. The number of likely N-dealkylation sites (N-methyl/N-ethyl adjacent to an activating group) is 1. The normalized spacial score (nSPS) is 12.7. The number of para-hydroxylation sites is 1. The Labute approximate surface area is 124 Å². The highest BCUT2D eigenvalue weighted by Gasteiger charge is 2.17. The fourth-order valence-corrected chi connectivity index (χ4v) is 2.59. The summed E-state index contributed by atoms with van der Waals surface area (Å²) in [6.45, 7) is 10.6. The quantitative estimate of drug-likeness (QED) is 0.709. The molecule has 0 spiro atoms. The molecule has 0 radical (unpaired) electrons. The van der Waals surface area contributed by atoms with Crippen LogP contribution in [0.25, 0.3) is 0 Å². The van der Waals surface area contributed by atoms with Crippen molar-refractivity contribution in [2.45, 2.75) is 39.7 Å². The van der Waals surface area contributed by atoms with Crippen molar-refractivity contribution in [3.63, 3.8) is 0 Å². The summed E-state index contributed by atoms with van der Waals surface area (Å²) in [5.41, 5.74) is 1.26. The summed E-state index contributed by atoms with van der Waals surface area (Å²) in [6, 6.07) is 8.68. The molecule has 0 amide bonds. The Morgan fingerprint density at radius 3 is 2.30 bits per heavy atom. The van der Waals surface area contributed by atoms with Crippen LogP contribution in [0.5, 0.6) is 5.75 Å². The second-order valence-corrected chi connectivity index (χ2v) is 5.11. The van der Waals surface area contributed by atoms with Gasteiger partial charge < -0.3 is 15.0 Å². The van der Waals surface area contributed by atoms with Gasteiger partial charge in [-0.25, -0.2) is 0 Å². The third-order valence-corrected chi connectivity index (χ3v) is 3.46. The second-order valence-electron chi connectivity index (χ2n) is 5.11. The molecule has 1 N–H and O–H groups in total. The zero-order valence-corrected chi connectivity index (χ0v) is 13.5. The summed E-state index contributed by atoms with van der Waals surface area (Å²) in [5.74, 6) is 1.00. The van der Waals surface area contributed by atoms with E-state index in [9.17, 15) is 0 Å². The van der Waals surface area contributed by atoms with Crippen LogP contribution in [0, 0.1) is 0 Å². The first-order chi connectivity index (χ1) is 9.76. The Hall–Kier alpha value is -1.06. The molecular weight excluding hydrogens is 248 g/mol. The molecule has 0 fully saturated rings. The number of hydrogen-bond acceptors (Lipinski definition) is 3. The third kappa shape index (κ3) is 5.14. The maximum absolute atomic E-state index is 5.76. The number of nitrogens with one attached hydrogen (secondary N) is 1. The third-order valence-electron chi connectivity index (χ3n) is 3.46. The first kappa shape index (κ1) is 17.0. The van der Waals surface area contributed by atoms with E-state index in [1.165, 1.54) is 18.4 Å². The number of hydrogen-bond donors (Lipinski definition) is 1. The monoisotopic (exact) mass is 278 g/mol. The fourth-order valence-electron chi connectivity index (χ4n) is 2.59. The molecule has 0 saturated heterocycles. The van der Waals surface area contributed by atoms with Gasteiger partial charge in [0.25, 0.3) is 0 Å². The lowest BCUT2D eigenvalue weighted by Gasteiger charge is -2.28. The van der Waals surface area contributed by atoms with Crippen LogP contribution < -0.4 is 10.1 Å². The number of rotatable bonds is 10. The molecule has 1 atom stereocenters. The largest absolute Gasteiger partial charge is 0.494 e. The number of ether oxygens (including phenoxy) is 1. The van der Waals surface area contributed by atoms with Crippen molar-refractivity contribution >= 4 is 0 Å². The lowest BCUT2D eigenvalue weighted by molar-refractivity contribution is 0.243. The highest BCUT2D eigenvalue weighted by Crippen LogP contribution is 2.25. The van der Waals surface area contributed by atoms with Gasteiger partial charge in [-0.15, -0.1) is 0 Å². The molecule has 0 bridgehead atoms. The van der Waals surface area contributed by atoms with E-state index >= 15 is 0 Å². The summed E-state index contributed by atoms with van der Waals surface area (Å²) in [6.07, 6.45) is 2.40. The molecule has 0 saturated carbocycles. The highest BCUT2D eigenvalue weighted by molar-refractivity contribution is 5.36. The minimum Gasteiger partial charge on any atom is -0.494 e. The predicted octanol–water partition coefficient (Wildman–Crippen LogP) is 3.47. The molecule has 3 heteroatoms. The Bertz CT molecular complexity index is 362. The Kier molecular flexibility index (Phi) is 8.31. The first-order valence-electron chi connectivity index (χ1n) is 7.88. The van der Waals surface area contributed by atoms with Crippen LogP contribution in [0.15, 0.2) is 24.3 Å². The van der Waals surface area contributed by atoms with Gasteiger partial charge in [0.15, 0.2) is 0 Å². The highest BCUT2D eigenvalue weighted by atomic mass is 16.5. The van der Waals surface area contributed by atoms with Crippen molar-refractivity contribution in [3.05, 3.63) is 29.8 Å². The van der Waals surface area contributed by atoms with E-state index in [0.717, 1.165) is 25.4 Å². The van der Waals surface area contributed by atoms with Gasteiger partial charge in [0.2, 0.25) is 0 Å². The fraction of sp³-hybridized carbons (Fsp3) is 0.647. The van der Waals surface area contributed by atoms with Crippen molar-refractivity contribution in [1.82, 2.24) is 10.2 Å². The molecule has 0 aromatic heterocycles. The Balaban J connectivity index is 2.83. The maximum atomic E-state index is 5.76. The summed E-state index contributed by atoms with van der Waals surface area (Å²) in [4.78, 5) is 2.53. The van der Waals surface area contributed by atoms with Crippen LogP contribution >= 0.6 is 0 Å². The average Bonchev–Trinajstić information content (AvgIpc) is 2.46. The van der Waals surface area contributed by atoms with Gasteiger partial charge in [0, 0.05) is 18.2 Å². The first-order valence-corrected chi connectivity index (χ1v) is 7.88. The molecule has 1 aromatic carbocycles. The van der Waals surface area contributed by atoms with Gasteiger partial charge in [-0.05, 0) is 46.0 Å². The van der Waals surface area contributed by atoms with Crippen molar-refractivity contribution < 1.29 is 4.74 Å². The smallest absolute Gasteiger partial charge is 0.124 e. The molecule has 0 aliphatic carbocycles. The molecule has 0 heterocycles. The zero-order valence-electron chi connectivity index (χ0n) is 13.5. The van der Waals surface area contributed by atoms with Gasteiger partial charge in [-0.1, -0.05) is 32.0 Å². The van der Waals surface area contributed by atoms with E-state index in [1.807, 2.05) is 20.0 Å². The van der Waals surface area contributed by atoms with E-state index < -0.39 is 0 Å².